The SMILES string of the molecule is IC1(I)C=CC(c2ccccc2)=CC1. The normalized spacial score (nSPS) is 19.1. The smallest absolute Gasteiger partial charge is 0.0742 e. The molecule has 0 saturated carbocycles. The Morgan fingerprint density at radius 2 is 1.79 bits per heavy atom. The van der Waals surface area contributed by atoms with Gasteiger partial charge in [0.25, 0.3) is 0 Å². The molecule has 0 bridgehead atoms. The fraction of sp³-hybridized carbons (Fsp3) is 0.167. The molecule has 1 aromatic rings. The molecule has 0 N–H and O–H groups in total. The van der Waals surface area contributed by atoms with Crippen molar-refractivity contribution in [3.05, 3.63) is 54.1 Å². The second-order valence-electron chi connectivity index (χ2n) is 3.32. The highest BCUT2D eigenvalue weighted by molar-refractivity contribution is 14.2. The van der Waals surface area contributed by atoms with Crippen LogP contribution in [-0.4, -0.2) is 1.43 Å². The molecule has 14 heavy (non-hydrogen) atoms. The monoisotopic (exact) mass is 408 g/mol. The van der Waals surface area contributed by atoms with E-state index in [4.69, 9.17) is 0 Å². The molecule has 1 aromatic carbocycles. The number of benzene rings is 1. The number of rotatable bonds is 1. The summed E-state index contributed by atoms with van der Waals surface area (Å²) < 4.78 is 0.272. The topological polar surface area (TPSA) is 0 Å². The summed E-state index contributed by atoms with van der Waals surface area (Å²) in [5, 5.41) is 0. The van der Waals surface area contributed by atoms with Crippen LogP contribution in [0, 0.1) is 0 Å². The Kier molecular flexibility index (Phi) is 3.31. The van der Waals surface area contributed by atoms with Crippen LogP contribution in [0.3, 0.4) is 0 Å². The highest BCUT2D eigenvalue weighted by atomic mass is 127. The Balaban J connectivity index is 2.25. The minimum atomic E-state index is 0.272. The van der Waals surface area contributed by atoms with Crippen LogP contribution in [0.5, 0.6) is 0 Å². The predicted octanol–water partition coefficient (Wildman–Crippen LogP) is 4.60. The van der Waals surface area contributed by atoms with Gasteiger partial charge in [0.1, 0.15) is 0 Å². The van der Waals surface area contributed by atoms with Gasteiger partial charge in [0.2, 0.25) is 0 Å². The summed E-state index contributed by atoms with van der Waals surface area (Å²) >= 11 is 4.95. The quantitative estimate of drug-likeness (QED) is 0.471. The fourth-order valence-corrected chi connectivity index (χ4v) is 2.24. The van der Waals surface area contributed by atoms with Crippen LogP contribution >= 0.6 is 45.2 Å². The van der Waals surface area contributed by atoms with Crippen molar-refractivity contribution in [2.24, 2.45) is 0 Å². The highest BCUT2D eigenvalue weighted by Crippen LogP contribution is 2.38. The van der Waals surface area contributed by atoms with E-state index in [1.165, 1.54) is 11.1 Å². The second-order valence-corrected chi connectivity index (χ2v) is 9.24. The summed E-state index contributed by atoms with van der Waals surface area (Å²) in [6.07, 6.45) is 7.91. The van der Waals surface area contributed by atoms with Crippen LogP contribution in [0.1, 0.15) is 12.0 Å². The molecule has 0 fully saturated rings. The minimum absolute atomic E-state index is 0.272. The number of halogens is 2. The van der Waals surface area contributed by atoms with Gasteiger partial charge in [-0.15, -0.1) is 0 Å². The van der Waals surface area contributed by atoms with Crippen LogP contribution in [-0.2, 0) is 0 Å². The summed E-state index contributed by atoms with van der Waals surface area (Å²) in [6.45, 7) is 0. The molecular formula is C12H10I2. The van der Waals surface area contributed by atoms with Crippen LogP contribution in [0.15, 0.2) is 48.6 Å². The maximum Gasteiger partial charge on any atom is 0.0950 e. The average molecular weight is 408 g/mol. The molecule has 0 spiro atoms. The van der Waals surface area contributed by atoms with Gasteiger partial charge in [-0.25, -0.2) is 0 Å². The standard InChI is InChI=1S/C12H10I2/c13-12(14)8-6-11(7-9-12)10-4-2-1-3-5-10/h1-8H,9H2. The summed E-state index contributed by atoms with van der Waals surface area (Å²) in [5.41, 5.74) is 2.65. The van der Waals surface area contributed by atoms with Crippen molar-refractivity contribution in [2.75, 3.05) is 0 Å². The molecule has 2 rings (SSSR count). The Labute approximate surface area is 112 Å². The Morgan fingerprint density at radius 1 is 1.07 bits per heavy atom. The molecule has 0 nitrogen and oxygen atoms in total. The average Bonchev–Trinajstić information content (AvgIpc) is 2.19. The van der Waals surface area contributed by atoms with Gasteiger partial charge in [-0.3, -0.25) is 0 Å². The molecule has 0 aromatic heterocycles. The number of allylic oxidation sites excluding steroid dienone is 4. The van der Waals surface area contributed by atoms with Crippen molar-refractivity contribution in [3.63, 3.8) is 0 Å². The lowest BCUT2D eigenvalue weighted by Crippen LogP contribution is -2.07. The van der Waals surface area contributed by atoms with Gasteiger partial charge in [0.15, 0.2) is 0 Å². The number of hydrogen-bond donors (Lipinski definition) is 0. The van der Waals surface area contributed by atoms with E-state index in [2.05, 4.69) is 93.7 Å². The van der Waals surface area contributed by atoms with Crippen molar-refractivity contribution in [2.45, 2.75) is 7.85 Å². The maximum absolute atomic E-state index is 2.48. The van der Waals surface area contributed by atoms with E-state index in [1.807, 2.05) is 0 Å². The molecule has 72 valence electrons. The second kappa shape index (κ2) is 4.35. The largest absolute Gasteiger partial charge is 0.0950 e. The van der Waals surface area contributed by atoms with E-state index in [9.17, 15) is 0 Å². The van der Waals surface area contributed by atoms with E-state index >= 15 is 0 Å². The molecule has 0 heterocycles. The van der Waals surface area contributed by atoms with E-state index in [0.717, 1.165) is 6.42 Å². The summed E-state index contributed by atoms with van der Waals surface area (Å²) in [7, 11) is 0. The van der Waals surface area contributed by atoms with E-state index in [0.29, 0.717) is 0 Å². The number of alkyl halides is 2. The lowest BCUT2D eigenvalue weighted by Gasteiger charge is -2.19. The first-order valence-electron chi connectivity index (χ1n) is 4.50. The fourth-order valence-electron chi connectivity index (χ4n) is 1.44. The van der Waals surface area contributed by atoms with Crippen molar-refractivity contribution < 1.29 is 0 Å². The third kappa shape index (κ3) is 2.59. The highest BCUT2D eigenvalue weighted by Gasteiger charge is 2.20. The van der Waals surface area contributed by atoms with E-state index < -0.39 is 0 Å². The third-order valence-corrected chi connectivity index (χ3v) is 3.81. The zero-order chi connectivity index (χ0) is 10.0. The van der Waals surface area contributed by atoms with Crippen LogP contribution < -0.4 is 0 Å². The van der Waals surface area contributed by atoms with Crippen molar-refractivity contribution in [1.82, 2.24) is 0 Å². The van der Waals surface area contributed by atoms with Crippen LogP contribution in [0.25, 0.3) is 5.57 Å². The molecule has 0 radical (unpaired) electrons. The first kappa shape index (κ1) is 10.7. The van der Waals surface area contributed by atoms with Gasteiger partial charge in [0.05, 0.1) is 1.43 Å². The van der Waals surface area contributed by atoms with Gasteiger partial charge in [-0.2, -0.15) is 0 Å². The Hall–Kier alpha value is 0.160. The molecule has 1 aliphatic rings. The molecule has 0 unspecified atom stereocenters. The van der Waals surface area contributed by atoms with Crippen LogP contribution in [0.4, 0.5) is 0 Å². The summed E-state index contributed by atoms with van der Waals surface area (Å²) in [4.78, 5) is 0. The predicted molar refractivity (Wildman–Crippen MR) is 78.9 cm³/mol. The lowest BCUT2D eigenvalue weighted by atomic mass is 10.00. The van der Waals surface area contributed by atoms with Gasteiger partial charge in [-0.05, 0) is 17.6 Å². The molecule has 2 heteroatoms. The van der Waals surface area contributed by atoms with Crippen molar-refractivity contribution in [3.8, 4) is 0 Å². The third-order valence-electron chi connectivity index (χ3n) is 2.21. The summed E-state index contributed by atoms with van der Waals surface area (Å²) in [6, 6.07) is 10.5. The Morgan fingerprint density at radius 3 is 2.36 bits per heavy atom. The molecule has 0 atom stereocenters. The van der Waals surface area contributed by atoms with Gasteiger partial charge in [0, 0.05) is 0 Å². The maximum atomic E-state index is 2.48. The molecule has 0 aliphatic heterocycles. The zero-order valence-electron chi connectivity index (χ0n) is 7.58. The summed E-state index contributed by atoms with van der Waals surface area (Å²) in [5.74, 6) is 0. The molecule has 0 amide bonds. The molecule has 1 aliphatic carbocycles. The minimum Gasteiger partial charge on any atom is -0.0742 e. The van der Waals surface area contributed by atoms with Crippen LogP contribution in [0.2, 0.25) is 0 Å². The first-order chi connectivity index (χ1) is 6.67. The first-order valence-corrected chi connectivity index (χ1v) is 6.66. The molecular weight excluding hydrogens is 398 g/mol. The van der Waals surface area contributed by atoms with Gasteiger partial charge >= 0.3 is 0 Å². The Bertz CT molecular complexity index is 375. The van der Waals surface area contributed by atoms with Gasteiger partial charge < -0.3 is 0 Å². The van der Waals surface area contributed by atoms with E-state index in [1.54, 1.807) is 0 Å². The van der Waals surface area contributed by atoms with Crippen molar-refractivity contribution in [1.29, 1.82) is 0 Å². The van der Waals surface area contributed by atoms with Gasteiger partial charge in [-0.1, -0.05) is 93.7 Å². The molecule has 0 saturated heterocycles. The number of hydrogen-bond acceptors (Lipinski definition) is 0. The lowest BCUT2D eigenvalue weighted by molar-refractivity contribution is 1.07. The van der Waals surface area contributed by atoms with Crippen molar-refractivity contribution >= 4 is 50.8 Å². The zero-order valence-corrected chi connectivity index (χ0v) is 11.9. The van der Waals surface area contributed by atoms with E-state index in [-0.39, 0.29) is 1.43 Å².